The number of phenolic OH excluding ortho intramolecular Hbond substituents is 1. The monoisotopic (exact) mass is 394 g/mol. The third-order valence-electron chi connectivity index (χ3n) is 6.16. The van der Waals surface area contributed by atoms with E-state index in [9.17, 15) is 20.0 Å². The van der Waals surface area contributed by atoms with Crippen LogP contribution in [-0.4, -0.2) is 38.8 Å². The summed E-state index contributed by atoms with van der Waals surface area (Å²) in [6.45, 7) is 6.60. The number of carbonyl (C=O) groups is 1. The second kappa shape index (κ2) is 6.69. The molecule has 0 spiro atoms. The van der Waals surface area contributed by atoms with Crippen molar-refractivity contribution in [1.82, 2.24) is 5.32 Å². The van der Waals surface area contributed by atoms with Gasteiger partial charge in [-0.15, -0.1) is 0 Å². The number of nitrogens with zero attached hydrogens (tertiary/aromatic N) is 2. The van der Waals surface area contributed by atoms with Crippen molar-refractivity contribution in [3.8, 4) is 5.75 Å². The number of hydrogen-bond donors (Lipinski definition) is 2. The van der Waals surface area contributed by atoms with Crippen LogP contribution >= 0.6 is 0 Å². The maximum Gasteiger partial charge on any atom is 0.289 e. The molecule has 2 aromatic rings. The number of aromatic hydroxyl groups is 1. The van der Waals surface area contributed by atoms with Crippen LogP contribution in [0.25, 0.3) is 0 Å². The van der Waals surface area contributed by atoms with Gasteiger partial charge in [0.2, 0.25) is 11.7 Å². The lowest BCUT2D eigenvalue weighted by Crippen LogP contribution is -2.41. The van der Waals surface area contributed by atoms with Gasteiger partial charge >= 0.3 is 0 Å². The molecule has 0 bridgehead atoms. The van der Waals surface area contributed by atoms with Gasteiger partial charge in [0.25, 0.3) is 11.6 Å². The average molecular weight is 394 g/mol. The maximum absolute atomic E-state index is 13.1. The first-order chi connectivity index (χ1) is 13.8. The zero-order valence-electron chi connectivity index (χ0n) is 16.7. The molecule has 29 heavy (non-hydrogen) atoms. The predicted molar refractivity (Wildman–Crippen MR) is 109 cm³/mol. The number of nitrogens with one attached hydrogen (secondary N) is 1. The van der Waals surface area contributed by atoms with E-state index in [0.29, 0.717) is 18.5 Å². The van der Waals surface area contributed by atoms with Gasteiger partial charge in [0.15, 0.2) is 5.71 Å². The fourth-order valence-electron chi connectivity index (χ4n) is 4.80. The zero-order valence-corrected chi connectivity index (χ0v) is 16.7. The number of carbonyl (C=O) groups excluding carboxylic acids is 1. The van der Waals surface area contributed by atoms with E-state index in [1.807, 2.05) is 25.1 Å². The molecule has 2 aromatic carbocycles. The lowest BCUT2D eigenvalue weighted by Gasteiger charge is -2.21. The summed E-state index contributed by atoms with van der Waals surface area (Å²) < 4.78 is 2.07. The van der Waals surface area contributed by atoms with E-state index in [2.05, 4.69) is 29.8 Å². The normalized spacial score (nSPS) is 21.6. The van der Waals surface area contributed by atoms with E-state index in [0.717, 1.165) is 17.0 Å². The Kier molecular flexibility index (Phi) is 4.41. The molecule has 7 nitrogen and oxygen atoms in total. The third-order valence-corrected chi connectivity index (χ3v) is 6.16. The minimum atomic E-state index is -0.583. The summed E-state index contributed by atoms with van der Waals surface area (Å²) in [6, 6.07) is 11.5. The number of non-ortho nitro benzene ring substituents is 1. The number of amides is 1. The third kappa shape index (κ3) is 2.80. The Bertz CT molecular complexity index is 1060. The number of nitro benzene ring substituents is 1. The molecule has 0 saturated heterocycles. The van der Waals surface area contributed by atoms with E-state index in [1.165, 1.54) is 18.2 Å². The zero-order chi connectivity index (χ0) is 20.9. The number of benzene rings is 2. The molecule has 150 valence electrons. The molecule has 2 atom stereocenters. The predicted octanol–water partition coefficient (Wildman–Crippen LogP) is 3.37. The largest absolute Gasteiger partial charge is 0.508 e. The topological polar surface area (TPSA) is 95.5 Å². The molecule has 2 aliphatic heterocycles. The lowest BCUT2D eigenvalue weighted by atomic mass is 9.76. The second-order valence-electron chi connectivity index (χ2n) is 8.11. The number of hydrogen-bond acceptors (Lipinski definition) is 4. The Morgan fingerprint density at radius 1 is 1.31 bits per heavy atom. The number of nitro groups is 1. The summed E-state index contributed by atoms with van der Waals surface area (Å²) in [7, 11) is 0. The molecule has 2 aliphatic rings. The van der Waals surface area contributed by atoms with Crippen molar-refractivity contribution in [3.05, 3.63) is 63.7 Å². The van der Waals surface area contributed by atoms with E-state index in [-0.39, 0.29) is 28.7 Å². The van der Waals surface area contributed by atoms with E-state index in [1.54, 1.807) is 0 Å². The molecule has 0 radical (unpaired) electrons. The van der Waals surface area contributed by atoms with Crippen LogP contribution in [0.4, 0.5) is 11.4 Å². The van der Waals surface area contributed by atoms with Gasteiger partial charge in [0.1, 0.15) is 5.75 Å². The molecule has 0 aliphatic carbocycles. The van der Waals surface area contributed by atoms with Gasteiger partial charge in [-0.25, -0.2) is 0 Å². The Morgan fingerprint density at radius 3 is 2.72 bits per heavy atom. The quantitative estimate of drug-likeness (QED) is 0.472. The van der Waals surface area contributed by atoms with Gasteiger partial charge in [-0.2, -0.15) is 4.58 Å². The highest BCUT2D eigenvalue weighted by molar-refractivity contribution is 5.99. The highest BCUT2D eigenvalue weighted by Gasteiger charge is 2.58. The Hall–Kier alpha value is -3.22. The van der Waals surface area contributed by atoms with Crippen LogP contribution in [0.3, 0.4) is 0 Å². The van der Waals surface area contributed by atoms with Crippen LogP contribution in [-0.2, 0) is 10.2 Å². The van der Waals surface area contributed by atoms with Gasteiger partial charge < -0.3 is 10.4 Å². The van der Waals surface area contributed by atoms with Crippen LogP contribution in [0, 0.1) is 10.1 Å². The molecular weight excluding hydrogens is 370 g/mol. The van der Waals surface area contributed by atoms with Gasteiger partial charge in [-0.1, -0.05) is 18.2 Å². The van der Waals surface area contributed by atoms with E-state index < -0.39 is 11.0 Å². The second-order valence-corrected chi connectivity index (χ2v) is 8.11. The van der Waals surface area contributed by atoms with Crippen LogP contribution in [0.1, 0.15) is 44.2 Å². The maximum atomic E-state index is 13.1. The minimum absolute atomic E-state index is 0.0252. The van der Waals surface area contributed by atoms with Crippen LogP contribution in [0.15, 0.2) is 42.5 Å². The van der Waals surface area contributed by atoms with Crippen molar-refractivity contribution in [2.24, 2.45) is 0 Å². The summed E-state index contributed by atoms with van der Waals surface area (Å²) >= 11 is 0. The molecule has 1 amide bonds. The van der Waals surface area contributed by atoms with Crippen LogP contribution in [0.5, 0.6) is 5.75 Å². The summed E-state index contributed by atoms with van der Waals surface area (Å²) in [5.41, 5.74) is 3.30. The van der Waals surface area contributed by atoms with Crippen molar-refractivity contribution >= 4 is 23.0 Å². The fourth-order valence-corrected chi connectivity index (χ4v) is 4.80. The number of phenols is 1. The lowest BCUT2D eigenvalue weighted by molar-refractivity contribution is -0.461. The summed E-state index contributed by atoms with van der Waals surface area (Å²) in [5.74, 6) is -0.558. The molecular formula is C22H24N3O4+. The molecule has 0 aromatic heterocycles. The van der Waals surface area contributed by atoms with Crippen molar-refractivity contribution in [2.45, 2.75) is 44.6 Å². The van der Waals surface area contributed by atoms with Crippen molar-refractivity contribution in [3.63, 3.8) is 0 Å². The first kappa shape index (κ1) is 19.1. The molecule has 0 saturated carbocycles. The van der Waals surface area contributed by atoms with Gasteiger partial charge in [0.05, 0.1) is 16.3 Å². The Morgan fingerprint density at radius 2 is 2.03 bits per heavy atom. The van der Waals surface area contributed by atoms with Gasteiger partial charge in [-0.3, -0.25) is 14.9 Å². The first-order valence-electron chi connectivity index (χ1n) is 9.77. The average Bonchev–Trinajstić information content (AvgIpc) is 3.18. The van der Waals surface area contributed by atoms with Gasteiger partial charge in [-0.05, 0) is 26.8 Å². The van der Waals surface area contributed by atoms with E-state index >= 15 is 0 Å². The van der Waals surface area contributed by atoms with E-state index in [4.69, 9.17) is 0 Å². The highest BCUT2D eigenvalue weighted by atomic mass is 16.6. The van der Waals surface area contributed by atoms with Gasteiger partial charge in [0, 0.05) is 42.3 Å². The standard InChI is InChI=1S/C22H23N3O4/c1-4-23-21(27)20-15(14-11-13(25(28)29)9-10-18(14)26)12-19-22(2,3)16-7-5-6-8-17(16)24(19)20/h5-11,15,20H,4,12H2,1-3H3,(H-,23,26,27)/p+1/t15-,20-/m0/s1. The Labute approximate surface area is 168 Å². The highest BCUT2D eigenvalue weighted by Crippen LogP contribution is 2.50. The summed E-state index contributed by atoms with van der Waals surface area (Å²) in [4.78, 5) is 24.0. The first-order valence-corrected chi connectivity index (χ1v) is 9.77. The molecule has 0 unspecified atom stereocenters. The molecule has 2 heterocycles. The molecule has 0 fully saturated rings. The van der Waals surface area contributed by atoms with Crippen LogP contribution < -0.4 is 5.32 Å². The number of likely N-dealkylation sites (N-methyl/N-ethyl adjacent to an activating group) is 1. The summed E-state index contributed by atoms with van der Waals surface area (Å²) in [5, 5.41) is 24.7. The summed E-state index contributed by atoms with van der Waals surface area (Å²) in [6.07, 6.45) is 0.540. The number of para-hydroxylation sites is 1. The molecule has 4 rings (SSSR count). The SMILES string of the molecule is CCNC(=O)[C@@H]1[C@H](c2cc([N+](=O)[O-])ccc2O)CC2=[N+]1c1ccccc1C2(C)C. The number of fused-ring (bicyclic) bond motifs is 2. The van der Waals surface area contributed by atoms with Crippen LogP contribution in [0.2, 0.25) is 0 Å². The molecule has 2 N–H and O–H groups in total. The number of rotatable bonds is 4. The van der Waals surface area contributed by atoms with Crippen molar-refractivity contribution in [1.29, 1.82) is 0 Å². The van der Waals surface area contributed by atoms with Crippen molar-refractivity contribution < 1.29 is 19.4 Å². The smallest absolute Gasteiger partial charge is 0.289 e. The Balaban J connectivity index is 1.88. The minimum Gasteiger partial charge on any atom is -0.508 e. The van der Waals surface area contributed by atoms with Crippen molar-refractivity contribution in [2.75, 3.05) is 6.54 Å². The fraction of sp³-hybridized carbons (Fsp3) is 0.364. The molecule has 7 heteroatoms.